The minimum Gasteiger partial charge on any atom is -0.481 e. The molecule has 28 heavy (non-hydrogen) atoms. The fraction of sp³-hybridized carbons (Fsp3) is 0.333. The molecule has 0 saturated carbocycles. The molecule has 150 valence electrons. The normalized spacial score (nSPS) is 11.6. The molecule has 0 bridgehead atoms. The Hall–Kier alpha value is -2.60. The molecule has 5 nitrogen and oxygen atoms in total. The molecular weight excluding hydrogens is 383 g/mol. The van der Waals surface area contributed by atoms with E-state index in [9.17, 15) is 14.0 Å². The summed E-state index contributed by atoms with van der Waals surface area (Å²) in [6, 6.07) is 12.3. The number of halogens is 2. The van der Waals surface area contributed by atoms with Gasteiger partial charge in [-0.1, -0.05) is 42.8 Å². The van der Waals surface area contributed by atoms with Crippen LogP contribution in [0.1, 0.15) is 25.8 Å². The summed E-state index contributed by atoms with van der Waals surface area (Å²) in [5, 5.41) is 3.34. The van der Waals surface area contributed by atoms with E-state index in [1.807, 2.05) is 13.8 Å². The third-order valence-corrected chi connectivity index (χ3v) is 4.44. The Kier molecular flexibility index (Phi) is 8.26. The summed E-state index contributed by atoms with van der Waals surface area (Å²) in [5.41, 5.74) is 0.825. The fourth-order valence-corrected chi connectivity index (χ4v) is 2.91. The summed E-state index contributed by atoms with van der Waals surface area (Å²) < 4.78 is 19.1. The number of nitrogens with one attached hydrogen (secondary N) is 1. The van der Waals surface area contributed by atoms with E-state index in [4.69, 9.17) is 16.3 Å². The molecule has 1 N–H and O–H groups in total. The Morgan fingerprint density at radius 2 is 1.82 bits per heavy atom. The van der Waals surface area contributed by atoms with E-state index in [0.29, 0.717) is 18.0 Å². The number of carbonyl (C=O) groups excluding carboxylic acids is 2. The molecule has 0 saturated heterocycles. The number of amides is 2. The van der Waals surface area contributed by atoms with Gasteiger partial charge in [0.1, 0.15) is 6.04 Å². The summed E-state index contributed by atoms with van der Waals surface area (Å²) in [4.78, 5) is 26.8. The van der Waals surface area contributed by atoms with Crippen LogP contribution in [0.2, 0.25) is 5.02 Å². The highest BCUT2D eigenvalue weighted by Gasteiger charge is 2.28. The monoisotopic (exact) mass is 406 g/mol. The molecule has 0 spiro atoms. The van der Waals surface area contributed by atoms with Crippen LogP contribution >= 0.6 is 11.6 Å². The highest BCUT2D eigenvalue weighted by atomic mass is 35.5. The van der Waals surface area contributed by atoms with Crippen LogP contribution in [0.15, 0.2) is 48.5 Å². The van der Waals surface area contributed by atoms with Gasteiger partial charge in [-0.05, 0) is 43.2 Å². The van der Waals surface area contributed by atoms with Crippen molar-refractivity contribution in [3.8, 4) is 5.75 Å². The topological polar surface area (TPSA) is 58.6 Å². The number of likely N-dealkylation sites (N-methyl/N-ethyl adjacent to an activating group) is 1. The van der Waals surface area contributed by atoms with Crippen molar-refractivity contribution in [2.45, 2.75) is 32.9 Å². The summed E-state index contributed by atoms with van der Waals surface area (Å²) in [6.07, 6.45) is 0.435. The molecule has 2 amide bonds. The van der Waals surface area contributed by atoms with Crippen molar-refractivity contribution in [2.24, 2.45) is 0 Å². The smallest absolute Gasteiger partial charge is 0.261 e. The average Bonchev–Trinajstić information content (AvgIpc) is 2.68. The van der Waals surface area contributed by atoms with E-state index in [-0.39, 0.29) is 24.8 Å². The maximum atomic E-state index is 13.8. The first kappa shape index (κ1) is 21.7. The maximum absolute atomic E-state index is 13.8. The Labute approximate surface area is 169 Å². The van der Waals surface area contributed by atoms with Gasteiger partial charge >= 0.3 is 0 Å². The highest BCUT2D eigenvalue weighted by molar-refractivity contribution is 6.30. The number of nitrogens with zero attached hydrogens (tertiary/aromatic N) is 1. The van der Waals surface area contributed by atoms with Crippen molar-refractivity contribution in [1.82, 2.24) is 10.2 Å². The summed E-state index contributed by atoms with van der Waals surface area (Å²) in [6.45, 7) is 3.96. The molecule has 0 aliphatic carbocycles. The Balaban J connectivity index is 2.19. The Morgan fingerprint density at radius 1 is 1.14 bits per heavy atom. The van der Waals surface area contributed by atoms with Gasteiger partial charge in [-0.2, -0.15) is 0 Å². The van der Waals surface area contributed by atoms with Gasteiger partial charge in [0.15, 0.2) is 18.2 Å². The lowest BCUT2D eigenvalue weighted by atomic mass is 10.1. The molecule has 0 unspecified atom stereocenters. The van der Waals surface area contributed by atoms with Crippen molar-refractivity contribution < 1.29 is 18.7 Å². The third kappa shape index (κ3) is 5.96. The van der Waals surface area contributed by atoms with Crippen LogP contribution in [-0.4, -0.2) is 35.9 Å². The Bertz CT molecular complexity index is 798. The fourth-order valence-electron chi connectivity index (χ4n) is 2.78. The number of hydrogen-bond acceptors (Lipinski definition) is 3. The van der Waals surface area contributed by atoms with Crippen molar-refractivity contribution >= 4 is 23.4 Å². The van der Waals surface area contributed by atoms with Gasteiger partial charge in [-0.3, -0.25) is 9.59 Å². The molecule has 0 aliphatic rings. The van der Waals surface area contributed by atoms with Gasteiger partial charge in [0.2, 0.25) is 5.91 Å². The van der Waals surface area contributed by atoms with Crippen LogP contribution in [-0.2, 0) is 16.1 Å². The second-order valence-electron chi connectivity index (χ2n) is 6.19. The van der Waals surface area contributed by atoms with Crippen molar-refractivity contribution in [2.75, 3.05) is 13.2 Å². The van der Waals surface area contributed by atoms with E-state index in [0.717, 1.165) is 5.56 Å². The molecule has 1 atom stereocenters. The number of benzene rings is 2. The molecular formula is C21H24ClFN2O3. The first-order chi connectivity index (χ1) is 13.5. The van der Waals surface area contributed by atoms with E-state index < -0.39 is 17.8 Å². The molecule has 0 radical (unpaired) electrons. The van der Waals surface area contributed by atoms with Gasteiger partial charge in [0.05, 0.1) is 0 Å². The standard InChI is InChI=1S/C21H24ClFN2O3/c1-3-18(21(27)24-4-2)25(13-15-9-11-16(22)12-10-15)20(26)14-28-19-8-6-5-7-17(19)23/h5-12,18H,3-4,13-14H2,1-2H3,(H,24,27)/t18-/m1/s1. The molecule has 0 fully saturated rings. The van der Waals surface area contributed by atoms with E-state index in [1.54, 1.807) is 36.4 Å². The van der Waals surface area contributed by atoms with Crippen LogP contribution in [0.3, 0.4) is 0 Å². The lowest BCUT2D eigenvalue weighted by Gasteiger charge is -2.30. The average molecular weight is 407 g/mol. The van der Waals surface area contributed by atoms with Crippen LogP contribution in [0.4, 0.5) is 4.39 Å². The number of ether oxygens (including phenoxy) is 1. The lowest BCUT2D eigenvalue weighted by molar-refractivity contribution is -0.143. The molecule has 0 aromatic heterocycles. The maximum Gasteiger partial charge on any atom is 0.261 e. The van der Waals surface area contributed by atoms with E-state index in [2.05, 4.69) is 5.32 Å². The zero-order valence-corrected chi connectivity index (χ0v) is 16.7. The second-order valence-corrected chi connectivity index (χ2v) is 6.62. The highest BCUT2D eigenvalue weighted by Crippen LogP contribution is 2.18. The third-order valence-electron chi connectivity index (χ3n) is 4.19. The van der Waals surface area contributed by atoms with Gasteiger partial charge in [0, 0.05) is 18.1 Å². The largest absolute Gasteiger partial charge is 0.481 e. The van der Waals surface area contributed by atoms with Gasteiger partial charge in [-0.25, -0.2) is 4.39 Å². The molecule has 2 aromatic rings. The number of para-hydroxylation sites is 1. The quantitative estimate of drug-likeness (QED) is 0.689. The van der Waals surface area contributed by atoms with Crippen LogP contribution < -0.4 is 10.1 Å². The van der Waals surface area contributed by atoms with Crippen molar-refractivity contribution in [1.29, 1.82) is 0 Å². The zero-order chi connectivity index (χ0) is 20.5. The molecule has 0 heterocycles. The van der Waals surface area contributed by atoms with E-state index >= 15 is 0 Å². The second kappa shape index (κ2) is 10.7. The number of rotatable bonds is 9. The van der Waals surface area contributed by atoms with Crippen LogP contribution in [0.5, 0.6) is 5.75 Å². The molecule has 2 aromatic carbocycles. The van der Waals surface area contributed by atoms with Gasteiger partial charge < -0.3 is 15.0 Å². The minimum atomic E-state index is -0.660. The minimum absolute atomic E-state index is 0.00616. The van der Waals surface area contributed by atoms with E-state index in [1.165, 1.54) is 17.0 Å². The van der Waals surface area contributed by atoms with Crippen molar-refractivity contribution in [3.63, 3.8) is 0 Å². The Morgan fingerprint density at radius 3 is 2.43 bits per heavy atom. The van der Waals surface area contributed by atoms with Crippen LogP contribution in [0.25, 0.3) is 0 Å². The lowest BCUT2D eigenvalue weighted by Crippen LogP contribution is -2.50. The molecule has 7 heteroatoms. The predicted octanol–water partition coefficient (Wildman–Crippen LogP) is 3.80. The van der Waals surface area contributed by atoms with Gasteiger partial charge in [-0.15, -0.1) is 0 Å². The van der Waals surface area contributed by atoms with Crippen molar-refractivity contribution in [3.05, 3.63) is 64.9 Å². The number of hydrogen-bond donors (Lipinski definition) is 1. The molecule has 0 aliphatic heterocycles. The summed E-state index contributed by atoms with van der Waals surface area (Å²) >= 11 is 5.92. The zero-order valence-electron chi connectivity index (χ0n) is 16.0. The van der Waals surface area contributed by atoms with Gasteiger partial charge in [0.25, 0.3) is 5.91 Å². The first-order valence-corrected chi connectivity index (χ1v) is 9.53. The predicted molar refractivity (Wildman–Crippen MR) is 107 cm³/mol. The number of carbonyl (C=O) groups is 2. The molecule has 2 rings (SSSR count). The summed E-state index contributed by atoms with van der Waals surface area (Å²) in [7, 11) is 0. The van der Waals surface area contributed by atoms with Crippen LogP contribution in [0, 0.1) is 5.82 Å². The summed E-state index contributed by atoms with van der Waals surface area (Å²) in [5.74, 6) is -1.20. The first-order valence-electron chi connectivity index (χ1n) is 9.15. The SMILES string of the molecule is CCNC(=O)[C@@H](CC)N(Cc1ccc(Cl)cc1)C(=O)COc1ccccc1F.